The molecule has 1 saturated heterocycles. The van der Waals surface area contributed by atoms with Crippen molar-refractivity contribution in [3.8, 4) is 0 Å². The number of amides is 1. The molecule has 1 heterocycles. The van der Waals surface area contributed by atoms with Gasteiger partial charge in [-0.1, -0.05) is 0 Å². The molecule has 0 bridgehead atoms. The summed E-state index contributed by atoms with van der Waals surface area (Å²) in [7, 11) is 0. The van der Waals surface area contributed by atoms with Crippen LogP contribution in [0.15, 0.2) is 0 Å². The van der Waals surface area contributed by atoms with Crippen molar-refractivity contribution in [2.45, 2.75) is 32.9 Å². The van der Waals surface area contributed by atoms with E-state index in [1.165, 1.54) is 0 Å². The number of morpholine rings is 1. The first-order valence-electron chi connectivity index (χ1n) is 5.28. The van der Waals surface area contributed by atoms with Crippen LogP contribution in [0.1, 0.15) is 20.8 Å². The maximum absolute atomic E-state index is 11.7. The predicted molar refractivity (Wildman–Crippen MR) is 55.1 cm³/mol. The topological polar surface area (TPSA) is 41.6 Å². The third-order valence-electron chi connectivity index (χ3n) is 2.49. The van der Waals surface area contributed by atoms with E-state index in [1.807, 2.05) is 6.92 Å². The molecular weight excluding hydrogens is 180 g/mol. The summed E-state index contributed by atoms with van der Waals surface area (Å²) in [5.74, 6) is 0.0842. The molecule has 1 aliphatic rings. The fraction of sp³-hybridized carbons (Fsp3) is 0.900. The quantitative estimate of drug-likeness (QED) is 0.709. The molecule has 1 atom stereocenters. The highest BCUT2D eigenvalue weighted by atomic mass is 16.5. The molecule has 1 aliphatic heterocycles. The van der Waals surface area contributed by atoms with Crippen LogP contribution >= 0.6 is 0 Å². The van der Waals surface area contributed by atoms with Gasteiger partial charge in [0.15, 0.2) is 0 Å². The molecule has 4 heteroatoms. The van der Waals surface area contributed by atoms with Gasteiger partial charge >= 0.3 is 0 Å². The van der Waals surface area contributed by atoms with Crippen LogP contribution < -0.4 is 5.32 Å². The zero-order chi connectivity index (χ0) is 10.6. The third-order valence-corrected chi connectivity index (χ3v) is 2.49. The summed E-state index contributed by atoms with van der Waals surface area (Å²) in [5.41, 5.74) is 0. The van der Waals surface area contributed by atoms with Gasteiger partial charge in [0.25, 0.3) is 0 Å². The molecule has 1 rings (SSSR count). The Balaban J connectivity index is 2.57. The fourth-order valence-corrected chi connectivity index (χ4v) is 1.75. The Morgan fingerprint density at radius 3 is 2.93 bits per heavy atom. The van der Waals surface area contributed by atoms with Gasteiger partial charge in [-0.15, -0.1) is 0 Å². The minimum absolute atomic E-state index is 0.0842. The van der Waals surface area contributed by atoms with Crippen molar-refractivity contribution in [1.29, 1.82) is 0 Å². The second-order valence-electron chi connectivity index (χ2n) is 3.82. The maximum Gasteiger partial charge on any atom is 0.239 e. The summed E-state index contributed by atoms with van der Waals surface area (Å²) in [4.78, 5) is 13.9. The van der Waals surface area contributed by atoms with Gasteiger partial charge in [0.05, 0.1) is 13.2 Å². The van der Waals surface area contributed by atoms with E-state index < -0.39 is 0 Å². The van der Waals surface area contributed by atoms with E-state index in [9.17, 15) is 4.79 Å². The summed E-state index contributed by atoms with van der Waals surface area (Å²) in [5, 5.41) is 2.84. The van der Waals surface area contributed by atoms with E-state index >= 15 is 0 Å². The number of ether oxygens (including phenoxy) is 1. The molecule has 0 radical (unpaired) electrons. The van der Waals surface area contributed by atoms with Gasteiger partial charge in [-0.2, -0.15) is 0 Å². The van der Waals surface area contributed by atoms with Gasteiger partial charge in [-0.3, -0.25) is 9.69 Å². The lowest BCUT2D eigenvalue weighted by molar-refractivity contribution is -0.133. The first kappa shape index (κ1) is 11.5. The van der Waals surface area contributed by atoms with Crippen LogP contribution in [0.5, 0.6) is 0 Å². The molecule has 82 valence electrons. The lowest BCUT2D eigenvalue weighted by Gasteiger charge is -2.37. The number of nitrogens with one attached hydrogen (secondary N) is 1. The van der Waals surface area contributed by atoms with Crippen LogP contribution in [0.4, 0.5) is 0 Å². The van der Waals surface area contributed by atoms with Crippen LogP contribution in [0.2, 0.25) is 0 Å². The molecule has 14 heavy (non-hydrogen) atoms. The Kier molecular flexibility index (Phi) is 4.35. The molecular formula is C10H20N2O2. The highest BCUT2D eigenvalue weighted by Gasteiger charge is 2.30. The molecule has 0 spiro atoms. The van der Waals surface area contributed by atoms with E-state index in [1.54, 1.807) is 0 Å². The molecule has 1 amide bonds. The maximum atomic E-state index is 11.7. The smallest absolute Gasteiger partial charge is 0.239 e. The summed E-state index contributed by atoms with van der Waals surface area (Å²) in [6.07, 6.45) is 0. The van der Waals surface area contributed by atoms with Crippen molar-refractivity contribution >= 4 is 5.91 Å². The first-order valence-corrected chi connectivity index (χ1v) is 5.28. The highest BCUT2D eigenvalue weighted by molar-refractivity contribution is 5.82. The monoisotopic (exact) mass is 200 g/mol. The van der Waals surface area contributed by atoms with Crippen molar-refractivity contribution in [1.82, 2.24) is 10.2 Å². The third kappa shape index (κ3) is 2.69. The minimum Gasteiger partial charge on any atom is -0.378 e. The summed E-state index contributed by atoms with van der Waals surface area (Å²) in [6.45, 7) is 8.93. The van der Waals surface area contributed by atoms with E-state index in [-0.39, 0.29) is 11.9 Å². The number of rotatable bonds is 3. The SMILES string of the molecule is CCNC(=O)[C@@H]1COCCN1C(C)C. The molecule has 0 aromatic rings. The van der Waals surface area contributed by atoms with Crippen molar-refractivity contribution in [2.75, 3.05) is 26.3 Å². The summed E-state index contributed by atoms with van der Waals surface area (Å²) in [6, 6.07) is 0.287. The number of likely N-dealkylation sites (N-methyl/N-ethyl adjacent to an activating group) is 1. The average molecular weight is 200 g/mol. The number of hydrogen-bond donors (Lipinski definition) is 1. The Bertz CT molecular complexity index is 195. The van der Waals surface area contributed by atoms with Gasteiger partial charge in [0.1, 0.15) is 6.04 Å². The molecule has 4 nitrogen and oxygen atoms in total. The number of hydrogen-bond acceptors (Lipinski definition) is 3. The highest BCUT2D eigenvalue weighted by Crippen LogP contribution is 2.10. The molecule has 0 unspecified atom stereocenters. The van der Waals surface area contributed by atoms with Gasteiger partial charge in [0.2, 0.25) is 5.91 Å². The van der Waals surface area contributed by atoms with Crippen molar-refractivity contribution in [3.63, 3.8) is 0 Å². The van der Waals surface area contributed by atoms with E-state index in [0.717, 1.165) is 13.2 Å². The molecule has 0 aliphatic carbocycles. The normalized spacial score (nSPS) is 23.9. The van der Waals surface area contributed by atoms with E-state index in [2.05, 4.69) is 24.1 Å². The van der Waals surface area contributed by atoms with E-state index in [4.69, 9.17) is 4.74 Å². The lowest BCUT2D eigenvalue weighted by Crippen LogP contribution is -2.56. The Labute approximate surface area is 85.6 Å². The van der Waals surface area contributed by atoms with Crippen molar-refractivity contribution < 1.29 is 9.53 Å². The van der Waals surface area contributed by atoms with Crippen LogP contribution in [-0.2, 0) is 9.53 Å². The second-order valence-corrected chi connectivity index (χ2v) is 3.82. The van der Waals surface area contributed by atoms with Crippen molar-refractivity contribution in [3.05, 3.63) is 0 Å². The molecule has 0 saturated carbocycles. The van der Waals surface area contributed by atoms with Crippen LogP contribution in [0.3, 0.4) is 0 Å². The Morgan fingerprint density at radius 1 is 1.64 bits per heavy atom. The van der Waals surface area contributed by atoms with Gasteiger partial charge in [0, 0.05) is 19.1 Å². The van der Waals surface area contributed by atoms with Gasteiger partial charge < -0.3 is 10.1 Å². The largest absolute Gasteiger partial charge is 0.378 e. The van der Waals surface area contributed by atoms with Gasteiger partial charge in [-0.25, -0.2) is 0 Å². The Hall–Kier alpha value is -0.610. The average Bonchev–Trinajstić information content (AvgIpc) is 2.18. The van der Waals surface area contributed by atoms with E-state index in [0.29, 0.717) is 19.2 Å². The fourth-order valence-electron chi connectivity index (χ4n) is 1.75. The molecule has 0 aromatic carbocycles. The van der Waals surface area contributed by atoms with Crippen molar-refractivity contribution in [2.24, 2.45) is 0 Å². The van der Waals surface area contributed by atoms with Crippen LogP contribution in [0, 0.1) is 0 Å². The molecule has 0 aromatic heterocycles. The van der Waals surface area contributed by atoms with Crippen LogP contribution in [0.25, 0.3) is 0 Å². The second kappa shape index (κ2) is 5.32. The van der Waals surface area contributed by atoms with Crippen LogP contribution in [-0.4, -0.2) is 49.2 Å². The first-order chi connectivity index (χ1) is 6.66. The standard InChI is InChI=1S/C10H20N2O2/c1-4-11-10(13)9-7-14-6-5-12(9)8(2)3/h8-9H,4-7H2,1-3H3,(H,11,13)/t9-/m0/s1. The number of carbonyl (C=O) groups is 1. The summed E-state index contributed by atoms with van der Waals surface area (Å²) >= 11 is 0. The molecule has 1 fully saturated rings. The molecule has 1 N–H and O–H groups in total. The zero-order valence-corrected chi connectivity index (χ0v) is 9.25. The Morgan fingerprint density at radius 2 is 2.36 bits per heavy atom. The summed E-state index contributed by atoms with van der Waals surface area (Å²) < 4.78 is 5.33. The predicted octanol–water partition coefficient (Wildman–Crippen LogP) is 0.232. The van der Waals surface area contributed by atoms with Gasteiger partial charge in [-0.05, 0) is 20.8 Å². The minimum atomic E-state index is -0.108. The zero-order valence-electron chi connectivity index (χ0n) is 9.25. The lowest BCUT2D eigenvalue weighted by atomic mass is 10.1. The number of nitrogens with zero attached hydrogens (tertiary/aromatic N) is 1. The number of carbonyl (C=O) groups excluding carboxylic acids is 1.